The SMILES string of the molecule is COC(=O)Cc1c(Br)ccc([N+](=O)[O-])c1C#N. The van der Waals surface area contributed by atoms with Gasteiger partial charge in [-0.25, -0.2) is 0 Å². The maximum absolute atomic E-state index is 11.2. The van der Waals surface area contributed by atoms with Gasteiger partial charge in [-0.3, -0.25) is 14.9 Å². The molecule has 0 aromatic heterocycles. The molecule has 0 fully saturated rings. The smallest absolute Gasteiger partial charge is 0.310 e. The molecule has 1 aromatic carbocycles. The fourth-order valence-corrected chi connectivity index (χ4v) is 1.75. The van der Waals surface area contributed by atoms with E-state index in [9.17, 15) is 14.9 Å². The van der Waals surface area contributed by atoms with E-state index >= 15 is 0 Å². The van der Waals surface area contributed by atoms with E-state index in [1.165, 1.54) is 19.2 Å². The number of carbonyl (C=O) groups is 1. The van der Waals surface area contributed by atoms with Gasteiger partial charge in [-0.15, -0.1) is 0 Å². The van der Waals surface area contributed by atoms with Crippen LogP contribution in [0.4, 0.5) is 5.69 Å². The van der Waals surface area contributed by atoms with Gasteiger partial charge in [0, 0.05) is 16.1 Å². The Kier molecular flexibility index (Phi) is 4.17. The maximum Gasteiger partial charge on any atom is 0.310 e. The number of hydrogen-bond acceptors (Lipinski definition) is 5. The summed E-state index contributed by atoms with van der Waals surface area (Å²) in [5.74, 6) is -0.567. The molecule has 6 nitrogen and oxygen atoms in total. The van der Waals surface area contributed by atoms with E-state index in [0.717, 1.165) is 0 Å². The van der Waals surface area contributed by atoms with Gasteiger partial charge in [-0.05, 0) is 6.07 Å². The zero-order valence-electron chi connectivity index (χ0n) is 8.77. The van der Waals surface area contributed by atoms with Crippen molar-refractivity contribution in [1.29, 1.82) is 5.26 Å². The second-order valence-corrected chi connectivity index (χ2v) is 3.90. The van der Waals surface area contributed by atoms with Crippen LogP contribution in [-0.4, -0.2) is 18.0 Å². The number of esters is 1. The van der Waals surface area contributed by atoms with Gasteiger partial charge in [0.2, 0.25) is 0 Å². The predicted molar refractivity (Wildman–Crippen MR) is 61.2 cm³/mol. The Hall–Kier alpha value is -1.94. The number of benzene rings is 1. The average Bonchev–Trinajstić information content (AvgIpc) is 2.30. The third kappa shape index (κ3) is 2.79. The van der Waals surface area contributed by atoms with Crippen LogP contribution in [0.2, 0.25) is 0 Å². The van der Waals surface area contributed by atoms with Crippen LogP contribution < -0.4 is 0 Å². The largest absolute Gasteiger partial charge is 0.469 e. The lowest BCUT2D eigenvalue weighted by Gasteiger charge is -2.05. The van der Waals surface area contributed by atoms with Gasteiger partial charge < -0.3 is 4.74 Å². The van der Waals surface area contributed by atoms with Crippen LogP contribution in [0.5, 0.6) is 0 Å². The lowest BCUT2D eigenvalue weighted by atomic mass is 10.0. The number of nitriles is 1. The number of halogens is 1. The van der Waals surface area contributed by atoms with Crippen molar-refractivity contribution in [3.05, 3.63) is 37.8 Å². The molecule has 17 heavy (non-hydrogen) atoms. The Morgan fingerprint density at radius 3 is 2.76 bits per heavy atom. The van der Waals surface area contributed by atoms with Crippen molar-refractivity contribution in [2.75, 3.05) is 7.11 Å². The Bertz CT molecular complexity index is 522. The van der Waals surface area contributed by atoms with Crippen LogP contribution in [0, 0.1) is 21.4 Å². The van der Waals surface area contributed by atoms with Crippen LogP contribution in [0.25, 0.3) is 0 Å². The molecule has 0 saturated carbocycles. The lowest BCUT2D eigenvalue weighted by Crippen LogP contribution is -2.08. The van der Waals surface area contributed by atoms with Gasteiger partial charge in [-0.1, -0.05) is 15.9 Å². The predicted octanol–water partition coefficient (Wildman–Crippen LogP) is 1.94. The van der Waals surface area contributed by atoms with Gasteiger partial charge in [0.15, 0.2) is 0 Å². The number of nitrogens with zero attached hydrogens (tertiary/aromatic N) is 2. The van der Waals surface area contributed by atoms with Gasteiger partial charge in [0.25, 0.3) is 5.69 Å². The van der Waals surface area contributed by atoms with Crippen molar-refractivity contribution in [3.63, 3.8) is 0 Å². The van der Waals surface area contributed by atoms with Gasteiger partial charge in [-0.2, -0.15) is 5.26 Å². The number of nitro benzene ring substituents is 1. The normalized spacial score (nSPS) is 9.47. The van der Waals surface area contributed by atoms with Crippen LogP contribution in [-0.2, 0) is 16.0 Å². The molecular formula is C10H7BrN2O4. The molecule has 7 heteroatoms. The molecule has 0 amide bonds. The van der Waals surface area contributed by atoms with E-state index < -0.39 is 10.9 Å². The summed E-state index contributed by atoms with van der Waals surface area (Å²) in [6.07, 6.45) is -0.193. The van der Waals surface area contributed by atoms with Gasteiger partial charge in [0.1, 0.15) is 11.6 Å². The van der Waals surface area contributed by atoms with Crippen molar-refractivity contribution in [1.82, 2.24) is 0 Å². The Labute approximate surface area is 105 Å². The van der Waals surface area contributed by atoms with Crippen molar-refractivity contribution in [2.24, 2.45) is 0 Å². The van der Waals surface area contributed by atoms with Crippen molar-refractivity contribution in [3.8, 4) is 6.07 Å². The monoisotopic (exact) mass is 298 g/mol. The summed E-state index contributed by atoms with van der Waals surface area (Å²) in [5.41, 5.74) is -0.196. The highest BCUT2D eigenvalue weighted by atomic mass is 79.9. The second-order valence-electron chi connectivity index (χ2n) is 3.04. The molecule has 0 N–H and O–H groups in total. The molecule has 88 valence electrons. The lowest BCUT2D eigenvalue weighted by molar-refractivity contribution is -0.385. The van der Waals surface area contributed by atoms with Gasteiger partial charge >= 0.3 is 5.97 Å². The highest BCUT2D eigenvalue weighted by Crippen LogP contribution is 2.28. The fourth-order valence-electron chi connectivity index (χ4n) is 1.28. The first kappa shape index (κ1) is 13.1. The molecule has 0 aliphatic carbocycles. The number of ether oxygens (including phenoxy) is 1. The van der Waals surface area contributed by atoms with Crippen LogP contribution >= 0.6 is 15.9 Å². The quantitative estimate of drug-likeness (QED) is 0.483. The molecule has 0 heterocycles. The van der Waals surface area contributed by atoms with Crippen molar-refractivity contribution >= 4 is 27.6 Å². The molecule has 0 unspecified atom stereocenters. The average molecular weight is 299 g/mol. The summed E-state index contributed by atoms with van der Waals surface area (Å²) in [7, 11) is 1.21. The highest BCUT2D eigenvalue weighted by Gasteiger charge is 2.21. The number of hydrogen-bond donors (Lipinski definition) is 0. The summed E-state index contributed by atoms with van der Waals surface area (Å²) in [5, 5.41) is 19.7. The van der Waals surface area contributed by atoms with Crippen LogP contribution in [0.3, 0.4) is 0 Å². The van der Waals surface area contributed by atoms with Crippen molar-refractivity contribution < 1.29 is 14.5 Å². The summed E-state index contributed by atoms with van der Waals surface area (Å²) in [4.78, 5) is 21.2. The van der Waals surface area contributed by atoms with E-state index in [1.54, 1.807) is 6.07 Å². The standard InChI is InChI=1S/C10H7BrN2O4/c1-17-10(14)4-6-7(5-12)9(13(15)16)3-2-8(6)11/h2-3H,4H2,1H3. The molecule has 0 saturated heterocycles. The molecular weight excluding hydrogens is 292 g/mol. The Balaban J connectivity index is 3.37. The molecule has 0 atom stereocenters. The van der Waals surface area contributed by atoms with E-state index in [0.29, 0.717) is 4.47 Å². The minimum absolute atomic E-state index is 0.130. The molecule has 0 aliphatic rings. The third-order valence-corrected chi connectivity index (χ3v) is 2.83. The number of nitro groups is 1. The molecule has 0 spiro atoms. The molecule has 1 rings (SSSR count). The van der Waals surface area contributed by atoms with Crippen molar-refractivity contribution in [2.45, 2.75) is 6.42 Å². The molecule has 1 aromatic rings. The minimum atomic E-state index is -0.661. The number of methoxy groups -OCH3 is 1. The van der Waals surface area contributed by atoms with Gasteiger partial charge in [0.05, 0.1) is 18.5 Å². The topological polar surface area (TPSA) is 93.2 Å². The first-order chi connectivity index (χ1) is 8.01. The summed E-state index contributed by atoms with van der Waals surface area (Å²) >= 11 is 3.15. The fraction of sp³-hybridized carbons (Fsp3) is 0.200. The zero-order chi connectivity index (χ0) is 13.0. The number of carbonyl (C=O) groups excluding carboxylic acids is 1. The van der Waals surface area contributed by atoms with E-state index in [2.05, 4.69) is 20.7 Å². The van der Waals surface area contributed by atoms with E-state index in [1.807, 2.05) is 0 Å². The molecule has 0 aliphatic heterocycles. The Morgan fingerprint density at radius 1 is 1.65 bits per heavy atom. The first-order valence-electron chi connectivity index (χ1n) is 4.44. The minimum Gasteiger partial charge on any atom is -0.469 e. The Morgan fingerprint density at radius 2 is 2.29 bits per heavy atom. The maximum atomic E-state index is 11.2. The van der Waals surface area contributed by atoms with Crippen LogP contribution in [0.1, 0.15) is 11.1 Å². The van der Waals surface area contributed by atoms with E-state index in [-0.39, 0.29) is 23.2 Å². The summed E-state index contributed by atoms with van der Waals surface area (Å²) in [6, 6.07) is 4.38. The highest BCUT2D eigenvalue weighted by molar-refractivity contribution is 9.10. The second kappa shape index (κ2) is 5.41. The zero-order valence-corrected chi connectivity index (χ0v) is 10.4. The first-order valence-corrected chi connectivity index (χ1v) is 5.23. The van der Waals surface area contributed by atoms with Crippen LogP contribution in [0.15, 0.2) is 16.6 Å². The summed E-state index contributed by atoms with van der Waals surface area (Å²) in [6.45, 7) is 0. The molecule has 0 bridgehead atoms. The third-order valence-electron chi connectivity index (χ3n) is 2.09. The molecule has 0 radical (unpaired) electrons. The number of rotatable bonds is 3. The summed E-state index contributed by atoms with van der Waals surface area (Å²) < 4.78 is 4.93. The van der Waals surface area contributed by atoms with E-state index in [4.69, 9.17) is 5.26 Å².